The molecule has 0 fully saturated rings. The molecular formula is C35H66O6. The predicted octanol–water partition coefficient (Wildman–Crippen LogP) is 8.07. The maximum Gasteiger partial charge on any atom is 0.334 e. The number of carbonyl (C=O) groups is 1. The van der Waals surface area contributed by atoms with Gasteiger partial charge in [-0.1, -0.05) is 129 Å². The zero-order valence-electron chi connectivity index (χ0n) is 26.7. The third-order valence-electron chi connectivity index (χ3n) is 8.61. The van der Waals surface area contributed by atoms with Crippen molar-refractivity contribution < 1.29 is 30.0 Å². The molecule has 1 heterocycles. The van der Waals surface area contributed by atoms with Crippen molar-refractivity contribution in [2.45, 2.75) is 205 Å². The average Bonchev–Trinajstić information content (AvgIpc) is 3.26. The molecule has 6 nitrogen and oxygen atoms in total. The lowest BCUT2D eigenvalue weighted by Crippen LogP contribution is -2.25. The molecule has 0 aromatic carbocycles. The lowest BCUT2D eigenvalue weighted by atomic mass is 9.98. The van der Waals surface area contributed by atoms with Crippen molar-refractivity contribution in [2.75, 3.05) is 0 Å². The topological polar surface area (TPSA) is 107 Å². The Kier molecular flexibility index (Phi) is 23.7. The van der Waals surface area contributed by atoms with Gasteiger partial charge in [-0.2, -0.15) is 0 Å². The van der Waals surface area contributed by atoms with Crippen LogP contribution < -0.4 is 0 Å². The van der Waals surface area contributed by atoms with E-state index in [9.17, 15) is 25.2 Å². The van der Waals surface area contributed by atoms with Gasteiger partial charge in [0.05, 0.1) is 24.4 Å². The number of ether oxygens (including phenoxy) is 1. The molecule has 5 atom stereocenters. The number of carbonyl (C=O) groups excluding carboxylic acids is 1. The SMILES string of the molecule is CCCCCCCCCCCCCC[C@H](O)[C@H](O)CCCCCC[C@H](O)CCCCC[C@@H](O)CC1=C[C@H](C)OC1=O. The minimum absolute atomic E-state index is 0.190. The third kappa shape index (κ3) is 21.4. The lowest BCUT2D eigenvalue weighted by Gasteiger charge is -2.17. The Balaban J connectivity index is 1.87. The van der Waals surface area contributed by atoms with Crippen LogP contribution in [0.1, 0.15) is 174 Å². The molecule has 41 heavy (non-hydrogen) atoms. The molecule has 1 aliphatic rings. The molecule has 0 aromatic heterocycles. The second-order valence-corrected chi connectivity index (χ2v) is 12.8. The number of hydrogen-bond donors (Lipinski definition) is 4. The van der Waals surface area contributed by atoms with E-state index in [1.807, 2.05) is 6.92 Å². The van der Waals surface area contributed by atoms with Gasteiger partial charge in [0, 0.05) is 12.0 Å². The van der Waals surface area contributed by atoms with Crippen LogP contribution in [-0.2, 0) is 9.53 Å². The van der Waals surface area contributed by atoms with Gasteiger partial charge < -0.3 is 25.2 Å². The normalized spacial score (nSPS) is 18.2. The van der Waals surface area contributed by atoms with E-state index >= 15 is 0 Å². The molecule has 1 rings (SSSR count). The Morgan fingerprint density at radius 1 is 0.585 bits per heavy atom. The first-order valence-corrected chi connectivity index (χ1v) is 17.5. The van der Waals surface area contributed by atoms with Crippen LogP contribution in [0.25, 0.3) is 0 Å². The van der Waals surface area contributed by atoms with Crippen molar-refractivity contribution in [3.05, 3.63) is 11.6 Å². The van der Waals surface area contributed by atoms with Crippen molar-refractivity contribution >= 4 is 5.97 Å². The van der Waals surface area contributed by atoms with Crippen molar-refractivity contribution in [1.29, 1.82) is 0 Å². The Morgan fingerprint density at radius 2 is 0.951 bits per heavy atom. The molecule has 0 aromatic rings. The number of aliphatic hydroxyl groups excluding tert-OH is 4. The molecule has 0 aliphatic carbocycles. The first-order chi connectivity index (χ1) is 19.8. The van der Waals surface area contributed by atoms with Gasteiger partial charge in [-0.25, -0.2) is 4.79 Å². The number of rotatable bonds is 29. The molecular weight excluding hydrogens is 516 g/mol. The summed E-state index contributed by atoms with van der Waals surface area (Å²) in [5.74, 6) is -0.307. The van der Waals surface area contributed by atoms with Gasteiger partial charge in [0.25, 0.3) is 0 Å². The summed E-state index contributed by atoms with van der Waals surface area (Å²) in [4.78, 5) is 11.6. The van der Waals surface area contributed by atoms with E-state index in [0.29, 0.717) is 31.3 Å². The highest BCUT2D eigenvalue weighted by Gasteiger charge is 2.24. The van der Waals surface area contributed by atoms with E-state index in [-0.39, 0.29) is 18.2 Å². The van der Waals surface area contributed by atoms with Gasteiger partial charge >= 0.3 is 5.97 Å². The lowest BCUT2D eigenvalue weighted by molar-refractivity contribution is -0.139. The molecule has 0 spiro atoms. The van der Waals surface area contributed by atoms with Gasteiger partial charge in [-0.15, -0.1) is 0 Å². The van der Waals surface area contributed by atoms with Gasteiger partial charge in [0.15, 0.2) is 0 Å². The Labute approximate surface area is 252 Å². The molecule has 0 radical (unpaired) electrons. The first-order valence-electron chi connectivity index (χ1n) is 17.5. The van der Waals surface area contributed by atoms with Gasteiger partial charge in [-0.3, -0.25) is 0 Å². The second-order valence-electron chi connectivity index (χ2n) is 12.8. The van der Waals surface area contributed by atoms with Crippen LogP contribution in [0.15, 0.2) is 11.6 Å². The average molecular weight is 583 g/mol. The zero-order chi connectivity index (χ0) is 30.1. The number of unbranched alkanes of at least 4 members (excludes halogenated alkanes) is 16. The highest BCUT2D eigenvalue weighted by molar-refractivity contribution is 5.90. The number of cyclic esters (lactones) is 1. The van der Waals surface area contributed by atoms with Gasteiger partial charge in [0.2, 0.25) is 0 Å². The number of esters is 1. The summed E-state index contributed by atoms with van der Waals surface area (Å²) >= 11 is 0. The number of aliphatic hydroxyl groups is 4. The van der Waals surface area contributed by atoms with Crippen molar-refractivity contribution in [2.24, 2.45) is 0 Å². The molecule has 0 saturated heterocycles. The molecule has 1 aliphatic heterocycles. The van der Waals surface area contributed by atoms with Crippen LogP contribution >= 0.6 is 0 Å². The standard InChI is InChI=1S/C35H66O6/c1-3-4-5-6-7-8-9-10-11-12-13-20-25-33(38)34(39)26-21-15-14-17-22-31(36)23-18-16-19-24-32(37)28-30-27-29(2)41-35(30)40/h27,29,31-34,36-39H,3-26,28H2,1-2H3/t29-,31-,32+,33-,34+/m0/s1. The Morgan fingerprint density at radius 3 is 1.37 bits per heavy atom. The summed E-state index contributed by atoms with van der Waals surface area (Å²) in [6, 6.07) is 0. The van der Waals surface area contributed by atoms with Crippen LogP contribution in [0.5, 0.6) is 0 Å². The second kappa shape index (κ2) is 25.5. The predicted molar refractivity (Wildman–Crippen MR) is 169 cm³/mol. The van der Waals surface area contributed by atoms with E-state index in [4.69, 9.17) is 4.74 Å². The van der Waals surface area contributed by atoms with Crippen molar-refractivity contribution in [3.63, 3.8) is 0 Å². The molecule has 6 heteroatoms. The Bertz CT molecular complexity index is 651. The molecule has 4 N–H and O–H groups in total. The highest BCUT2D eigenvalue weighted by atomic mass is 16.5. The monoisotopic (exact) mass is 582 g/mol. The molecule has 0 unspecified atom stereocenters. The fourth-order valence-electron chi connectivity index (χ4n) is 5.88. The summed E-state index contributed by atoms with van der Waals surface area (Å²) in [6.45, 7) is 4.08. The van der Waals surface area contributed by atoms with Crippen LogP contribution in [-0.4, -0.2) is 56.9 Å². The summed E-state index contributed by atoms with van der Waals surface area (Å²) < 4.78 is 5.06. The van der Waals surface area contributed by atoms with Crippen LogP contribution in [0.4, 0.5) is 0 Å². The Hall–Kier alpha value is -0.950. The van der Waals surface area contributed by atoms with Crippen molar-refractivity contribution in [3.8, 4) is 0 Å². The molecule has 0 saturated carbocycles. The summed E-state index contributed by atoms with van der Waals surface area (Å²) in [6.07, 6.45) is 26.0. The molecule has 0 amide bonds. The van der Waals surface area contributed by atoms with Crippen LogP contribution in [0.3, 0.4) is 0 Å². The third-order valence-corrected chi connectivity index (χ3v) is 8.61. The van der Waals surface area contributed by atoms with Crippen LogP contribution in [0.2, 0.25) is 0 Å². The summed E-state index contributed by atoms with van der Waals surface area (Å²) in [7, 11) is 0. The van der Waals surface area contributed by atoms with Crippen LogP contribution in [0, 0.1) is 0 Å². The van der Waals surface area contributed by atoms with E-state index in [1.54, 1.807) is 6.08 Å². The van der Waals surface area contributed by atoms with Gasteiger partial charge in [0.1, 0.15) is 6.10 Å². The quantitative estimate of drug-likeness (QED) is 0.0525. The van der Waals surface area contributed by atoms with Gasteiger partial charge in [-0.05, 0) is 45.1 Å². The minimum Gasteiger partial charge on any atom is -0.455 e. The fourth-order valence-corrected chi connectivity index (χ4v) is 5.88. The van der Waals surface area contributed by atoms with E-state index in [2.05, 4.69) is 6.92 Å². The van der Waals surface area contributed by atoms with Crippen molar-refractivity contribution in [1.82, 2.24) is 0 Å². The maximum atomic E-state index is 11.6. The minimum atomic E-state index is -0.612. The maximum absolute atomic E-state index is 11.6. The molecule has 242 valence electrons. The zero-order valence-corrected chi connectivity index (χ0v) is 26.7. The van der Waals surface area contributed by atoms with E-state index < -0.39 is 18.3 Å². The number of hydrogen-bond acceptors (Lipinski definition) is 6. The largest absolute Gasteiger partial charge is 0.455 e. The summed E-state index contributed by atoms with van der Waals surface area (Å²) in [5, 5.41) is 41.0. The smallest absolute Gasteiger partial charge is 0.334 e. The summed E-state index contributed by atoms with van der Waals surface area (Å²) in [5.41, 5.74) is 0.584. The fraction of sp³-hybridized carbons (Fsp3) is 0.914. The van der Waals surface area contributed by atoms with E-state index in [1.165, 1.54) is 64.2 Å². The molecule has 0 bridgehead atoms. The first kappa shape index (κ1) is 38.1. The van der Waals surface area contributed by atoms with E-state index in [0.717, 1.165) is 70.6 Å². The highest BCUT2D eigenvalue weighted by Crippen LogP contribution is 2.21.